The molecule has 2 aromatic carbocycles. The van der Waals surface area contributed by atoms with Crippen LogP contribution in [0, 0.1) is 0 Å². The number of aromatic nitrogens is 2. The number of pyridine rings is 2. The Morgan fingerprint density at radius 1 is 0.788 bits per heavy atom. The molecule has 0 aliphatic carbocycles. The van der Waals surface area contributed by atoms with E-state index in [1.165, 1.54) is 16.7 Å². The Labute approximate surface area is 198 Å². The monoisotopic (exact) mass is 486 g/mol. The molecule has 0 bridgehead atoms. The van der Waals surface area contributed by atoms with E-state index in [4.69, 9.17) is 32.7 Å². The van der Waals surface area contributed by atoms with Crippen molar-refractivity contribution >= 4 is 51.3 Å². The first-order valence-corrected chi connectivity index (χ1v) is 11.0. The van der Waals surface area contributed by atoms with Crippen LogP contribution in [0.3, 0.4) is 0 Å². The van der Waals surface area contributed by atoms with Gasteiger partial charge in [0.25, 0.3) is 11.1 Å². The molecule has 1 aliphatic rings. The van der Waals surface area contributed by atoms with Crippen molar-refractivity contribution in [3.05, 3.63) is 91.4 Å². The second-order valence-corrected chi connectivity index (χ2v) is 8.18. The molecule has 7 nitrogen and oxygen atoms in total. The average molecular weight is 487 g/mol. The van der Waals surface area contributed by atoms with Gasteiger partial charge in [0.2, 0.25) is 0 Å². The number of carbonyl (C=O) groups is 1. The summed E-state index contributed by atoms with van der Waals surface area (Å²) in [7, 11) is 0. The van der Waals surface area contributed by atoms with Gasteiger partial charge in [-0.05, 0) is 59.3 Å². The number of hydrogen-bond donors (Lipinski definition) is 0. The van der Waals surface area contributed by atoms with Gasteiger partial charge in [-0.2, -0.15) is 0 Å². The molecule has 0 atom stereocenters. The fraction of sp³-hybridized carbons (Fsp3) is 0.208. The molecule has 0 N–H and O–H groups in total. The van der Waals surface area contributed by atoms with Crippen LogP contribution in [0.15, 0.2) is 70.3 Å². The Hall–Kier alpha value is -2.97. The van der Waals surface area contributed by atoms with Gasteiger partial charge >= 0.3 is 0 Å². The molecule has 1 fully saturated rings. The summed E-state index contributed by atoms with van der Waals surface area (Å²) in [4.78, 5) is 33.9. The predicted octanol–water partition coefficient (Wildman–Crippen LogP) is 3.88. The lowest BCUT2D eigenvalue weighted by Gasteiger charge is -2.14. The number of nitrogens with zero attached hydrogens (tertiary/aromatic N) is 2. The molecule has 1 saturated heterocycles. The first-order valence-electron chi connectivity index (χ1n) is 10.2. The Morgan fingerprint density at radius 2 is 1.30 bits per heavy atom. The lowest BCUT2D eigenvalue weighted by molar-refractivity contribution is -0.108. The van der Waals surface area contributed by atoms with Crippen LogP contribution in [0.2, 0.25) is 10.0 Å². The van der Waals surface area contributed by atoms with E-state index in [1.807, 2.05) is 12.1 Å². The molecule has 5 rings (SSSR count). The number of benzene rings is 2. The Kier molecular flexibility index (Phi) is 7.25. The van der Waals surface area contributed by atoms with E-state index in [9.17, 15) is 14.4 Å². The summed E-state index contributed by atoms with van der Waals surface area (Å²) in [5, 5.41) is 3.05. The number of hydrogen-bond acceptors (Lipinski definition) is 5. The Morgan fingerprint density at radius 3 is 1.85 bits per heavy atom. The largest absolute Gasteiger partial charge is 0.348 e. The van der Waals surface area contributed by atoms with Gasteiger partial charge in [0.15, 0.2) is 6.29 Å². The van der Waals surface area contributed by atoms with Gasteiger partial charge in [-0.1, -0.05) is 23.2 Å². The van der Waals surface area contributed by atoms with E-state index < -0.39 is 0 Å². The molecular formula is C24H20Cl2N2O5. The highest BCUT2D eigenvalue weighted by atomic mass is 35.5. The lowest BCUT2D eigenvalue weighted by Crippen LogP contribution is -2.26. The Balaban J connectivity index is 0.000000160. The van der Waals surface area contributed by atoms with Crippen LogP contribution in [-0.2, 0) is 27.4 Å². The van der Waals surface area contributed by atoms with E-state index >= 15 is 0 Å². The van der Waals surface area contributed by atoms with E-state index in [0.717, 1.165) is 21.8 Å². The summed E-state index contributed by atoms with van der Waals surface area (Å²) < 4.78 is 13.8. The molecule has 3 heterocycles. The van der Waals surface area contributed by atoms with Gasteiger partial charge in [0.05, 0.1) is 37.3 Å². The molecule has 33 heavy (non-hydrogen) atoms. The molecule has 170 valence electrons. The zero-order chi connectivity index (χ0) is 23.4. The normalized spacial score (nSPS) is 13.8. The highest BCUT2D eigenvalue weighted by Crippen LogP contribution is 2.19. The van der Waals surface area contributed by atoms with Crippen molar-refractivity contribution in [1.29, 1.82) is 0 Å². The van der Waals surface area contributed by atoms with Crippen molar-refractivity contribution in [2.24, 2.45) is 0 Å². The van der Waals surface area contributed by atoms with Crippen molar-refractivity contribution in [3.8, 4) is 0 Å². The van der Waals surface area contributed by atoms with Gasteiger partial charge in [-0.3, -0.25) is 9.59 Å². The number of fused-ring (bicyclic) bond motifs is 2. The van der Waals surface area contributed by atoms with Crippen LogP contribution in [0.4, 0.5) is 0 Å². The number of aldehydes is 1. The van der Waals surface area contributed by atoms with Crippen LogP contribution in [-0.4, -0.2) is 34.9 Å². The fourth-order valence-electron chi connectivity index (χ4n) is 3.66. The van der Waals surface area contributed by atoms with Gasteiger partial charge in [-0.15, -0.1) is 0 Å². The van der Waals surface area contributed by atoms with E-state index in [-0.39, 0.29) is 24.0 Å². The molecule has 0 unspecified atom stereocenters. The average Bonchev–Trinajstić information content (AvgIpc) is 3.31. The maximum atomic E-state index is 11.9. The smallest absolute Gasteiger partial charge is 0.251 e. The highest BCUT2D eigenvalue weighted by Gasteiger charge is 2.18. The predicted molar refractivity (Wildman–Crippen MR) is 128 cm³/mol. The van der Waals surface area contributed by atoms with Crippen molar-refractivity contribution in [2.45, 2.75) is 19.4 Å². The number of halogens is 2. The lowest BCUT2D eigenvalue weighted by atomic mass is 10.2. The zero-order valence-electron chi connectivity index (χ0n) is 17.4. The number of carbonyl (C=O) groups excluding carboxylic acids is 1. The Bertz CT molecular complexity index is 1420. The quantitative estimate of drug-likeness (QED) is 0.409. The van der Waals surface area contributed by atoms with Crippen molar-refractivity contribution in [2.75, 3.05) is 13.2 Å². The zero-order valence-corrected chi connectivity index (χ0v) is 19.0. The second-order valence-electron chi connectivity index (χ2n) is 7.31. The SMILES string of the molecule is O=CCn1c(=O)ccc2cc(Cl)ccc21.O=c1ccc2cc(Cl)ccc2n1CC1OCCO1. The van der Waals surface area contributed by atoms with Gasteiger partial charge in [0.1, 0.15) is 6.29 Å². The van der Waals surface area contributed by atoms with Gasteiger partial charge in [0, 0.05) is 22.2 Å². The summed E-state index contributed by atoms with van der Waals surface area (Å²) in [6.07, 6.45) is 0.360. The van der Waals surface area contributed by atoms with Crippen LogP contribution >= 0.6 is 23.2 Å². The minimum atomic E-state index is -0.344. The molecule has 9 heteroatoms. The molecule has 0 amide bonds. The van der Waals surface area contributed by atoms with Gasteiger partial charge < -0.3 is 23.4 Å². The third-order valence-electron chi connectivity index (χ3n) is 5.18. The molecule has 0 spiro atoms. The maximum absolute atomic E-state index is 11.9. The summed E-state index contributed by atoms with van der Waals surface area (Å²) in [5.41, 5.74) is 1.31. The fourth-order valence-corrected chi connectivity index (χ4v) is 4.02. The summed E-state index contributed by atoms with van der Waals surface area (Å²) in [6, 6.07) is 17.1. The molecule has 0 radical (unpaired) electrons. The van der Waals surface area contributed by atoms with E-state index in [2.05, 4.69) is 0 Å². The van der Waals surface area contributed by atoms with Crippen molar-refractivity contribution in [3.63, 3.8) is 0 Å². The third kappa shape index (κ3) is 5.34. The summed E-state index contributed by atoms with van der Waals surface area (Å²) >= 11 is 11.8. The third-order valence-corrected chi connectivity index (χ3v) is 5.65. The minimum absolute atomic E-state index is 0.0658. The molecule has 1 aliphatic heterocycles. The van der Waals surface area contributed by atoms with E-state index in [1.54, 1.807) is 41.0 Å². The molecular weight excluding hydrogens is 467 g/mol. The molecule has 0 saturated carbocycles. The van der Waals surface area contributed by atoms with Crippen LogP contribution in [0.1, 0.15) is 0 Å². The second kappa shape index (κ2) is 10.3. The first kappa shape index (κ1) is 23.2. The van der Waals surface area contributed by atoms with Crippen LogP contribution < -0.4 is 11.1 Å². The maximum Gasteiger partial charge on any atom is 0.251 e. The summed E-state index contributed by atoms with van der Waals surface area (Å²) in [5.74, 6) is 0. The molecule has 4 aromatic rings. The standard InChI is InChI=1S/C13H12ClNO3.C11H8ClNO2/c14-10-2-3-11-9(7-10)1-4-12(16)15(11)8-13-17-5-6-18-13;12-9-2-3-10-8(7-9)1-4-11(15)13(10)5-6-14/h1-4,7,13H,5-6,8H2;1-4,6-7H,5H2. The molecule has 2 aromatic heterocycles. The van der Waals surface area contributed by atoms with Crippen LogP contribution in [0.25, 0.3) is 21.8 Å². The van der Waals surface area contributed by atoms with Gasteiger partial charge in [-0.25, -0.2) is 0 Å². The number of ether oxygens (including phenoxy) is 2. The van der Waals surface area contributed by atoms with Crippen molar-refractivity contribution in [1.82, 2.24) is 9.13 Å². The topological polar surface area (TPSA) is 79.5 Å². The number of rotatable bonds is 4. The van der Waals surface area contributed by atoms with E-state index in [0.29, 0.717) is 36.1 Å². The van der Waals surface area contributed by atoms with Crippen molar-refractivity contribution < 1.29 is 14.3 Å². The highest BCUT2D eigenvalue weighted by molar-refractivity contribution is 6.31. The minimum Gasteiger partial charge on any atom is -0.348 e. The first-order chi connectivity index (χ1) is 16.0. The summed E-state index contributed by atoms with van der Waals surface area (Å²) in [6.45, 7) is 1.63. The van der Waals surface area contributed by atoms with Crippen LogP contribution in [0.5, 0.6) is 0 Å².